The fourth-order valence-corrected chi connectivity index (χ4v) is 8.39. The third-order valence-electron chi connectivity index (χ3n) is 9.19. The largest absolute Gasteiger partial charge is 0.309 e. The average molecular weight is 592 g/mol. The standard InChI is InChI=1S/C41H25N3S/c1-4-16-35-30(13-1)31-14-2-5-17-36(31)43(35)28-11-7-9-26(23-28)27-10-8-12-29(24-27)44-37-25-42-22-21-32(37)33-19-20-39-40(41(33)44)34-15-3-6-18-38(34)45-39/h1-25H. The van der Waals surface area contributed by atoms with Crippen LogP contribution >= 0.6 is 11.3 Å². The molecule has 0 atom stereocenters. The van der Waals surface area contributed by atoms with Crippen LogP contribution in [0.1, 0.15) is 0 Å². The summed E-state index contributed by atoms with van der Waals surface area (Å²) in [6, 6.07) is 50.7. The van der Waals surface area contributed by atoms with Crippen molar-refractivity contribution in [1.82, 2.24) is 14.1 Å². The Hall–Kier alpha value is -5.71. The lowest BCUT2D eigenvalue weighted by molar-refractivity contribution is 1.17. The first kappa shape index (κ1) is 24.7. The van der Waals surface area contributed by atoms with Crippen LogP contribution in [-0.4, -0.2) is 14.1 Å². The van der Waals surface area contributed by atoms with Crippen molar-refractivity contribution in [1.29, 1.82) is 0 Å². The second-order valence-corrected chi connectivity index (χ2v) is 12.7. The van der Waals surface area contributed by atoms with Gasteiger partial charge in [0.25, 0.3) is 0 Å². The lowest BCUT2D eigenvalue weighted by Crippen LogP contribution is -1.96. The highest BCUT2D eigenvalue weighted by Gasteiger charge is 2.19. The van der Waals surface area contributed by atoms with Crippen molar-refractivity contribution in [3.63, 3.8) is 0 Å². The van der Waals surface area contributed by atoms with Gasteiger partial charge in [-0.05, 0) is 65.7 Å². The van der Waals surface area contributed by atoms with E-state index < -0.39 is 0 Å². The summed E-state index contributed by atoms with van der Waals surface area (Å²) >= 11 is 1.86. The fraction of sp³-hybridized carbons (Fsp3) is 0. The molecule has 45 heavy (non-hydrogen) atoms. The Kier molecular flexibility index (Phi) is 5.16. The lowest BCUT2D eigenvalue weighted by Gasteiger charge is -2.13. The van der Waals surface area contributed by atoms with E-state index in [0.29, 0.717) is 0 Å². The monoisotopic (exact) mass is 591 g/mol. The number of para-hydroxylation sites is 2. The van der Waals surface area contributed by atoms with Gasteiger partial charge in [0.05, 0.1) is 28.3 Å². The van der Waals surface area contributed by atoms with Crippen LogP contribution in [0.4, 0.5) is 0 Å². The first-order valence-corrected chi connectivity index (χ1v) is 16.0. The number of nitrogens with zero attached hydrogens (tertiary/aromatic N) is 3. The molecular weight excluding hydrogens is 567 g/mol. The van der Waals surface area contributed by atoms with Crippen LogP contribution in [0.3, 0.4) is 0 Å². The molecule has 3 nitrogen and oxygen atoms in total. The molecular formula is C41H25N3S. The van der Waals surface area contributed by atoms with Crippen molar-refractivity contribution < 1.29 is 0 Å². The minimum absolute atomic E-state index is 1.12. The molecule has 4 heteroatoms. The van der Waals surface area contributed by atoms with E-state index in [2.05, 4.69) is 154 Å². The minimum atomic E-state index is 1.12. The number of pyridine rings is 1. The van der Waals surface area contributed by atoms with Crippen LogP contribution in [0.2, 0.25) is 0 Å². The first-order valence-electron chi connectivity index (χ1n) is 15.2. The molecule has 0 aliphatic heterocycles. The van der Waals surface area contributed by atoms with E-state index in [1.165, 1.54) is 69.4 Å². The van der Waals surface area contributed by atoms with Crippen molar-refractivity contribution in [2.45, 2.75) is 0 Å². The van der Waals surface area contributed by atoms with Gasteiger partial charge in [-0.1, -0.05) is 84.9 Å². The number of benzene rings is 6. The van der Waals surface area contributed by atoms with Gasteiger partial charge in [-0.3, -0.25) is 4.98 Å². The summed E-state index contributed by atoms with van der Waals surface area (Å²) in [7, 11) is 0. The number of aromatic nitrogens is 3. The molecule has 0 radical (unpaired) electrons. The second-order valence-electron chi connectivity index (χ2n) is 11.6. The van der Waals surface area contributed by atoms with E-state index in [4.69, 9.17) is 0 Å². The molecule has 10 aromatic rings. The molecule has 4 heterocycles. The van der Waals surface area contributed by atoms with E-state index >= 15 is 0 Å². The van der Waals surface area contributed by atoms with Crippen molar-refractivity contribution in [2.75, 3.05) is 0 Å². The SMILES string of the molecule is c1cc(-c2cccc(-n3c4cnccc4c4ccc5sc6ccccc6c5c43)c2)cc(-n2c3ccccc3c3ccccc32)c1. The average Bonchev–Trinajstić information content (AvgIpc) is 3.76. The highest BCUT2D eigenvalue weighted by molar-refractivity contribution is 7.26. The Morgan fingerprint density at radius 2 is 1.07 bits per heavy atom. The highest BCUT2D eigenvalue weighted by atomic mass is 32.1. The summed E-state index contributed by atoms with van der Waals surface area (Å²) < 4.78 is 7.41. The van der Waals surface area contributed by atoms with Crippen LogP contribution in [0.25, 0.3) is 86.3 Å². The van der Waals surface area contributed by atoms with Gasteiger partial charge in [-0.15, -0.1) is 11.3 Å². The molecule has 4 aromatic heterocycles. The van der Waals surface area contributed by atoms with E-state index in [0.717, 1.165) is 16.9 Å². The fourth-order valence-electron chi connectivity index (χ4n) is 7.28. The molecule has 0 spiro atoms. The molecule has 0 unspecified atom stereocenters. The number of fused-ring (bicyclic) bond motifs is 10. The molecule has 0 saturated heterocycles. The smallest absolute Gasteiger partial charge is 0.0724 e. The van der Waals surface area contributed by atoms with E-state index in [1.807, 2.05) is 23.7 Å². The molecule has 0 aliphatic rings. The number of hydrogen-bond acceptors (Lipinski definition) is 2. The Morgan fingerprint density at radius 3 is 1.80 bits per heavy atom. The Labute approximate surface area is 262 Å². The lowest BCUT2D eigenvalue weighted by atomic mass is 10.0. The molecule has 0 bridgehead atoms. The molecule has 0 saturated carbocycles. The van der Waals surface area contributed by atoms with Gasteiger partial charge in [0, 0.05) is 59.3 Å². The van der Waals surface area contributed by atoms with E-state index in [1.54, 1.807) is 0 Å². The Morgan fingerprint density at radius 1 is 0.444 bits per heavy atom. The summed E-state index contributed by atoms with van der Waals surface area (Å²) in [4.78, 5) is 4.57. The topological polar surface area (TPSA) is 22.8 Å². The molecule has 0 amide bonds. The molecule has 0 aliphatic carbocycles. The third kappa shape index (κ3) is 3.54. The van der Waals surface area contributed by atoms with Gasteiger partial charge >= 0.3 is 0 Å². The minimum Gasteiger partial charge on any atom is -0.309 e. The number of thiophene rings is 1. The zero-order chi connectivity index (χ0) is 29.5. The van der Waals surface area contributed by atoms with Gasteiger partial charge in [0.1, 0.15) is 0 Å². The first-order chi connectivity index (χ1) is 22.3. The van der Waals surface area contributed by atoms with Crippen LogP contribution in [-0.2, 0) is 0 Å². The van der Waals surface area contributed by atoms with Gasteiger partial charge < -0.3 is 9.13 Å². The van der Waals surface area contributed by atoms with Gasteiger partial charge in [0.15, 0.2) is 0 Å². The second kappa shape index (κ2) is 9.39. The molecule has 0 fully saturated rings. The Bertz CT molecular complexity index is 2720. The van der Waals surface area contributed by atoms with Crippen LogP contribution in [0.15, 0.2) is 152 Å². The van der Waals surface area contributed by atoms with Gasteiger partial charge in [0.2, 0.25) is 0 Å². The predicted octanol–water partition coefficient (Wildman–Crippen LogP) is 11.3. The summed E-state index contributed by atoms with van der Waals surface area (Å²) in [5.41, 5.74) is 9.44. The van der Waals surface area contributed by atoms with Crippen molar-refractivity contribution >= 4 is 75.1 Å². The Balaban J connectivity index is 1.21. The third-order valence-corrected chi connectivity index (χ3v) is 10.3. The van der Waals surface area contributed by atoms with Crippen molar-refractivity contribution in [2.24, 2.45) is 0 Å². The molecule has 210 valence electrons. The summed E-state index contributed by atoms with van der Waals surface area (Å²) in [5.74, 6) is 0. The van der Waals surface area contributed by atoms with Gasteiger partial charge in [-0.25, -0.2) is 0 Å². The zero-order valence-electron chi connectivity index (χ0n) is 24.2. The molecule has 10 rings (SSSR count). The van der Waals surface area contributed by atoms with Gasteiger partial charge in [-0.2, -0.15) is 0 Å². The normalized spacial score (nSPS) is 12.0. The summed E-state index contributed by atoms with van der Waals surface area (Å²) in [6.45, 7) is 0. The van der Waals surface area contributed by atoms with E-state index in [-0.39, 0.29) is 0 Å². The zero-order valence-corrected chi connectivity index (χ0v) is 25.0. The maximum atomic E-state index is 4.57. The molecule has 6 aromatic carbocycles. The van der Waals surface area contributed by atoms with E-state index in [9.17, 15) is 0 Å². The highest BCUT2D eigenvalue weighted by Crippen LogP contribution is 2.43. The van der Waals surface area contributed by atoms with Crippen LogP contribution < -0.4 is 0 Å². The van der Waals surface area contributed by atoms with Crippen molar-refractivity contribution in [3.8, 4) is 22.5 Å². The summed E-state index contributed by atoms with van der Waals surface area (Å²) in [6.07, 6.45) is 3.91. The predicted molar refractivity (Wildman–Crippen MR) is 191 cm³/mol. The quantitative estimate of drug-likeness (QED) is 0.200. The maximum absolute atomic E-state index is 4.57. The molecule has 0 N–H and O–H groups in total. The summed E-state index contributed by atoms with van der Waals surface area (Å²) in [5, 5.41) is 7.62. The van der Waals surface area contributed by atoms with Crippen LogP contribution in [0.5, 0.6) is 0 Å². The van der Waals surface area contributed by atoms with Crippen LogP contribution in [0, 0.1) is 0 Å². The maximum Gasteiger partial charge on any atom is 0.0724 e. The number of rotatable bonds is 3. The van der Waals surface area contributed by atoms with Crippen molar-refractivity contribution in [3.05, 3.63) is 152 Å². The number of hydrogen-bond donors (Lipinski definition) is 0.